The normalized spacial score (nSPS) is 40.6. The molecule has 0 bridgehead atoms. The van der Waals surface area contributed by atoms with Crippen LogP contribution >= 0.6 is 15.9 Å². The van der Waals surface area contributed by atoms with Crippen molar-refractivity contribution in [2.24, 2.45) is 11.3 Å². The Balaban J connectivity index is 1.93. The molecule has 2 heteroatoms. The van der Waals surface area contributed by atoms with E-state index in [1.165, 1.54) is 50.6 Å². The second-order valence-electron chi connectivity index (χ2n) is 4.88. The SMILES string of the molecule is CCN1CC[C@@]2(CC[C@H](CBr)C2)C1. The fraction of sp³-hybridized carbons (Fsp3) is 1.00. The number of hydrogen-bond donors (Lipinski definition) is 0. The Morgan fingerprint density at radius 3 is 2.85 bits per heavy atom. The van der Waals surface area contributed by atoms with Crippen LogP contribution in [0.4, 0.5) is 0 Å². The smallest absolute Gasteiger partial charge is 0.00598 e. The summed E-state index contributed by atoms with van der Waals surface area (Å²) in [7, 11) is 0. The number of alkyl halides is 1. The fourth-order valence-corrected chi connectivity index (χ4v) is 3.68. The molecule has 13 heavy (non-hydrogen) atoms. The van der Waals surface area contributed by atoms with Crippen LogP contribution in [-0.4, -0.2) is 29.9 Å². The lowest BCUT2D eigenvalue weighted by Gasteiger charge is -2.23. The molecule has 0 N–H and O–H groups in total. The summed E-state index contributed by atoms with van der Waals surface area (Å²) in [5.74, 6) is 0.969. The zero-order valence-electron chi connectivity index (χ0n) is 8.56. The molecule has 0 unspecified atom stereocenters. The molecule has 2 atom stereocenters. The number of hydrogen-bond acceptors (Lipinski definition) is 1. The summed E-state index contributed by atoms with van der Waals surface area (Å²) in [5.41, 5.74) is 0.731. The van der Waals surface area contributed by atoms with Crippen molar-refractivity contribution in [3.05, 3.63) is 0 Å². The summed E-state index contributed by atoms with van der Waals surface area (Å²) in [6.45, 7) is 6.27. The molecule has 0 aromatic heterocycles. The minimum absolute atomic E-state index is 0.731. The second-order valence-corrected chi connectivity index (χ2v) is 5.53. The maximum Gasteiger partial charge on any atom is 0.00598 e. The number of rotatable bonds is 2. The number of likely N-dealkylation sites (tertiary alicyclic amines) is 1. The van der Waals surface area contributed by atoms with Crippen LogP contribution in [0.15, 0.2) is 0 Å². The molecule has 76 valence electrons. The average Bonchev–Trinajstić information content (AvgIpc) is 2.74. The van der Waals surface area contributed by atoms with Gasteiger partial charge in [0.25, 0.3) is 0 Å². The van der Waals surface area contributed by atoms with Gasteiger partial charge in [-0.25, -0.2) is 0 Å². The molecule has 1 aliphatic heterocycles. The summed E-state index contributed by atoms with van der Waals surface area (Å²) in [6.07, 6.45) is 5.89. The molecule has 2 aliphatic rings. The van der Waals surface area contributed by atoms with Gasteiger partial charge in [0.05, 0.1) is 0 Å². The van der Waals surface area contributed by atoms with Crippen molar-refractivity contribution < 1.29 is 0 Å². The van der Waals surface area contributed by atoms with E-state index in [0.717, 1.165) is 11.3 Å². The molecule has 1 aliphatic carbocycles. The highest BCUT2D eigenvalue weighted by atomic mass is 79.9. The molecular formula is C11H20BrN. The van der Waals surface area contributed by atoms with Crippen LogP contribution in [0.1, 0.15) is 32.6 Å². The minimum Gasteiger partial charge on any atom is -0.303 e. The van der Waals surface area contributed by atoms with E-state index >= 15 is 0 Å². The molecule has 1 saturated heterocycles. The molecule has 1 nitrogen and oxygen atoms in total. The van der Waals surface area contributed by atoms with Gasteiger partial charge in [-0.15, -0.1) is 0 Å². The standard InChI is InChI=1S/C11H20BrN/c1-2-13-6-5-11(9-13)4-3-10(7-11)8-12/h10H,2-9H2,1H3/t10-,11+/m0/s1. The first-order valence-corrected chi connectivity index (χ1v) is 6.68. The molecule has 1 spiro atoms. The van der Waals surface area contributed by atoms with E-state index < -0.39 is 0 Å². The van der Waals surface area contributed by atoms with Gasteiger partial charge < -0.3 is 4.90 Å². The zero-order chi connectivity index (χ0) is 9.31. The zero-order valence-corrected chi connectivity index (χ0v) is 10.1. The largest absolute Gasteiger partial charge is 0.303 e. The van der Waals surface area contributed by atoms with Crippen molar-refractivity contribution >= 4 is 15.9 Å². The predicted molar refractivity (Wildman–Crippen MR) is 60.3 cm³/mol. The van der Waals surface area contributed by atoms with Gasteiger partial charge in [0.15, 0.2) is 0 Å². The Morgan fingerprint density at radius 1 is 1.46 bits per heavy atom. The monoisotopic (exact) mass is 245 g/mol. The van der Waals surface area contributed by atoms with Crippen molar-refractivity contribution in [1.29, 1.82) is 0 Å². The quantitative estimate of drug-likeness (QED) is 0.677. The van der Waals surface area contributed by atoms with Gasteiger partial charge in [-0.2, -0.15) is 0 Å². The van der Waals surface area contributed by atoms with Gasteiger partial charge in [-0.05, 0) is 50.1 Å². The van der Waals surface area contributed by atoms with Gasteiger partial charge in [-0.3, -0.25) is 0 Å². The molecular weight excluding hydrogens is 226 g/mol. The van der Waals surface area contributed by atoms with Crippen LogP contribution in [0.5, 0.6) is 0 Å². The van der Waals surface area contributed by atoms with E-state index in [0.29, 0.717) is 0 Å². The van der Waals surface area contributed by atoms with Crippen molar-refractivity contribution in [3.8, 4) is 0 Å². The van der Waals surface area contributed by atoms with E-state index in [1.807, 2.05) is 0 Å². The highest BCUT2D eigenvalue weighted by Gasteiger charge is 2.42. The summed E-state index contributed by atoms with van der Waals surface area (Å²) < 4.78 is 0. The second kappa shape index (κ2) is 3.90. The van der Waals surface area contributed by atoms with E-state index in [-0.39, 0.29) is 0 Å². The molecule has 0 amide bonds. The van der Waals surface area contributed by atoms with E-state index in [2.05, 4.69) is 27.8 Å². The third-order valence-electron chi connectivity index (χ3n) is 3.99. The third kappa shape index (κ3) is 1.94. The predicted octanol–water partition coefficient (Wildman–Crippen LogP) is 2.89. The molecule has 0 radical (unpaired) electrons. The van der Waals surface area contributed by atoms with Crippen LogP contribution < -0.4 is 0 Å². The molecule has 0 aromatic carbocycles. The van der Waals surface area contributed by atoms with Gasteiger partial charge in [-0.1, -0.05) is 22.9 Å². The Bertz CT molecular complexity index is 161. The highest BCUT2D eigenvalue weighted by molar-refractivity contribution is 9.09. The first-order chi connectivity index (χ1) is 6.28. The topological polar surface area (TPSA) is 3.24 Å². The molecule has 0 aromatic rings. The van der Waals surface area contributed by atoms with E-state index in [4.69, 9.17) is 0 Å². The lowest BCUT2D eigenvalue weighted by Crippen LogP contribution is -2.25. The summed E-state index contributed by atoms with van der Waals surface area (Å²) >= 11 is 3.63. The Hall–Kier alpha value is 0.440. The lowest BCUT2D eigenvalue weighted by atomic mass is 9.85. The van der Waals surface area contributed by atoms with Crippen molar-refractivity contribution in [3.63, 3.8) is 0 Å². The van der Waals surface area contributed by atoms with E-state index in [9.17, 15) is 0 Å². The Morgan fingerprint density at radius 2 is 2.31 bits per heavy atom. The third-order valence-corrected chi connectivity index (χ3v) is 4.90. The van der Waals surface area contributed by atoms with Crippen LogP contribution in [0.2, 0.25) is 0 Å². The number of halogens is 1. The average molecular weight is 246 g/mol. The maximum atomic E-state index is 3.63. The van der Waals surface area contributed by atoms with Crippen LogP contribution in [0, 0.1) is 11.3 Å². The maximum absolute atomic E-state index is 3.63. The molecule has 1 saturated carbocycles. The van der Waals surface area contributed by atoms with Gasteiger partial charge in [0, 0.05) is 11.9 Å². The van der Waals surface area contributed by atoms with Crippen molar-refractivity contribution in [2.45, 2.75) is 32.6 Å². The van der Waals surface area contributed by atoms with Gasteiger partial charge in [0.1, 0.15) is 0 Å². The molecule has 2 fully saturated rings. The van der Waals surface area contributed by atoms with Gasteiger partial charge >= 0.3 is 0 Å². The summed E-state index contributed by atoms with van der Waals surface area (Å²) in [5, 5.41) is 1.22. The van der Waals surface area contributed by atoms with Crippen LogP contribution in [-0.2, 0) is 0 Å². The minimum atomic E-state index is 0.731. The summed E-state index contributed by atoms with van der Waals surface area (Å²) in [6, 6.07) is 0. The first-order valence-electron chi connectivity index (χ1n) is 5.56. The fourth-order valence-electron chi connectivity index (χ4n) is 3.13. The van der Waals surface area contributed by atoms with Crippen LogP contribution in [0.25, 0.3) is 0 Å². The Labute approximate surface area is 90.0 Å². The van der Waals surface area contributed by atoms with Crippen molar-refractivity contribution in [1.82, 2.24) is 4.90 Å². The highest BCUT2D eigenvalue weighted by Crippen LogP contribution is 2.48. The summed E-state index contributed by atoms with van der Waals surface area (Å²) in [4.78, 5) is 2.62. The van der Waals surface area contributed by atoms with Crippen LogP contribution in [0.3, 0.4) is 0 Å². The van der Waals surface area contributed by atoms with E-state index in [1.54, 1.807) is 0 Å². The lowest BCUT2D eigenvalue weighted by molar-refractivity contribution is 0.263. The Kier molecular flexibility index (Phi) is 2.99. The number of nitrogens with zero attached hydrogens (tertiary/aromatic N) is 1. The molecule has 1 heterocycles. The molecule has 2 rings (SSSR count). The van der Waals surface area contributed by atoms with Gasteiger partial charge in [0.2, 0.25) is 0 Å². The first kappa shape index (κ1) is 9.97. The van der Waals surface area contributed by atoms with Crippen molar-refractivity contribution in [2.75, 3.05) is 25.0 Å².